The van der Waals surface area contributed by atoms with Crippen LogP contribution in [0.25, 0.3) is 0 Å². The van der Waals surface area contributed by atoms with Gasteiger partial charge in [0.25, 0.3) is 0 Å². The molecule has 1 aromatic heterocycles. The highest BCUT2D eigenvalue weighted by atomic mass is 16.5. The molecule has 2 heterocycles. The summed E-state index contributed by atoms with van der Waals surface area (Å²) in [6, 6.07) is 11.9. The molecular weight excluding hydrogens is 290 g/mol. The van der Waals surface area contributed by atoms with E-state index in [9.17, 15) is 4.79 Å². The number of benzene rings is 1. The molecule has 1 N–H and O–H groups in total. The van der Waals surface area contributed by atoms with Crippen molar-refractivity contribution in [2.24, 2.45) is 0 Å². The van der Waals surface area contributed by atoms with Gasteiger partial charge in [0.1, 0.15) is 5.75 Å². The van der Waals surface area contributed by atoms with Gasteiger partial charge in [0.2, 0.25) is 5.91 Å². The lowest BCUT2D eigenvalue weighted by molar-refractivity contribution is -0.129. The maximum atomic E-state index is 12.5. The van der Waals surface area contributed by atoms with Crippen LogP contribution in [0.3, 0.4) is 0 Å². The summed E-state index contributed by atoms with van der Waals surface area (Å²) in [5.41, 5.74) is 1.98. The van der Waals surface area contributed by atoms with E-state index in [1.807, 2.05) is 41.3 Å². The maximum absolute atomic E-state index is 12.5. The van der Waals surface area contributed by atoms with Crippen LogP contribution in [0.4, 0.5) is 5.69 Å². The lowest BCUT2D eigenvalue weighted by atomic mass is 10.1. The average molecular weight is 311 g/mol. The number of amides is 1. The molecule has 1 fully saturated rings. The average Bonchev–Trinajstić information content (AvgIpc) is 3.04. The van der Waals surface area contributed by atoms with Crippen LogP contribution in [-0.4, -0.2) is 42.0 Å². The number of hydrogen-bond donors (Lipinski definition) is 1. The van der Waals surface area contributed by atoms with Crippen LogP contribution in [0.5, 0.6) is 5.75 Å². The van der Waals surface area contributed by atoms with E-state index in [0.717, 1.165) is 36.5 Å². The molecule has 0 bridgehead atoms. The predicted octanol–water partition coefficient (Wildman–Crippen LogP) is 2.35. The molecule has 23 heavy (non-hydrogen) atoms. The zero-order valence-electron chi connectivity index (χ0n) is 13.2. The molecule has 0 aliphatic carbocycles. The van der Waals surface area contributed by atoms with Crippen LogP contribution in [-0.2, 0) is 11.2 Å². The number of likely N-dealkylation sites (tertiary alicyclic amines) is 1. The summed E-state index contributed by atoms with van der Waals surface area (Å²) in [6.07, 6.45) is 4.93. The number of pyridine rings is 1. The molecule has 5 nitrogen and oxygen atoms in total. The van der Waals surface area contributed by atoms with Crippen LogP contribution in [0.15, 0.2) is 48.8 Å². The second-order valence-electron chi connectivity index (χ2n) is 5.74. The van der Waals surface area contributed by atoms with Crippen molar-refractivity contribution >= 4 is 11.6 Å². The first-order valence-electron chi connectivity index (χ1n) is 7.82. The standard InChI is InChI=1S/C18H21N3O2/c1-23-17-6-2-4-14(10-17)11-18(22)21-9-7-16(13-21)20-15-5-3-8-19-12-15/h2-6,8,10,12,16,20H,7,9,11,13H2,1H3. The van der Waals surface area contributed by atoms with Gasteiger partial charge in [0.15, 0.2) is 0 Å². The van der Waals surface area contributed by atoms with Gasteiger partial charge in [0, 0.05) is 31.5 Å². The third kappa shape index (κ3) is 4.00. The molecule has 1 aliphatic heterocycles. The van der Waals surface area contributed by atoms with Gasteiger partial charge in [-0.1, -0.05) is 12.1 Å². The Kier molecular flexibility index (Phi) is 4.76. The summed E-state index contributed by atoms with van der Waals surface area (Å²) >= 11 is 0. The number of nitrogens with zero attached hydrogens (tertiary/aromatic N) is 2. The minimum atomic E-state index is 0.161. The van der Waals surface area contributed by atoms with Gasteiger partial charge in [0.05, 0.1) is 19.2 Å². The highest BCUT2D eigenvalue weighted by Crippen LogP contribution is 2.18. The van der Waals surface area contributed by atoms with Gasteiger partial charge in [-0.25, -0.2) is 0 Å². The third-order valence-electron chi connectivity index (χ3n) is 4.06. The maximum Gasteiger partial charge on any atom is 0.227 e. The van der Waals surface area contributed by atoms with E-state index in [1.165, 1.54) is 0 Å². The first kappa shape index (κ1) is 15.3. The van der Waals surface area contributed by atoms with Gasteiger partial charge in [-0.15, -0.1) is 0 Å². The van der Waals surface area contributed by atoms with Crippen LogP contribution in [0.1, 0.15) is 12.0 Å². The summed E-state index contributed by atoms with van der Waals surface area (Å²) in [5, 5.41) is 3.43. The van der Waals surface area contributed by atoms with Crippen molar-refractivity contribution < 1.29 is 9.53 Å². The number of anilines is 1. The van der Waals surface area contributed by atoms with Gasteiger partial charge in [-0.3, -0.25) is 9.78 Å². The molecule has 1 unspecified atom stereocenters. The Bertz CT molecular complexity index is 660. The fraction of sp³-hybridized carbons (Fsp3) is 0.333. The summed E-state index contributed by atoms with van der Waals surface area (Å²) in [6.45, 7) is 1.53. The number of carbonyl (C=O) groups excluding carboxylic acids is 1. The van der Waals surface area contributed by atoms with E-state index < -0.39 is 0 Å². The summed E-state index contributed by atoms with van der Waals surface area (Å²) in [4.78, 5) is 18.5. The fourth-order valence-corrected chi connectivity index (χ4v) is 2.86. The molecule has 0 radical (unpaired) electrons. The molecule has 1 saturated heterocycles. The van der Waals surface area contributed by atoms with E-state index in [2.05, 4.69) is 10.3 Å². The number of ether oxygens (including phenoxy) is 1. The van der Waals surface area contributed by atoms with E-state index in [-0.39, 0.29) is 11.9 Å². The van der Waals surface area contributed by atoms with Gasteiger partial charge in [-0.2, -0.15) is 0 Å². The van der Waals surface area contributed by atoms with Crippen LogP contribution in [0.2, 0.25) is 0 Å². The second kappa shape index (κ2) is 7.13. The van der Waals surface area contributed by atoms with Crippen molar-refractivity contribution in [3.63, 3.8) is 0 Å². The summed E-state index contributed by atoms with van der Waals surface area (Å²) in [7, 11) is 1.64. The van der Waals surface area contributed by atoms with Crippen molar-refractivity contribution in [2.45, 2.75) is 18.9 Å². The number of aromatic nitrogens is 1. The van der Waals surface area contributed by atoms with Gasteiger partial charge in [-0.05, 0) is 36.2 Å². The Balaban J connectivity index is 1.55. The topological polar surface area (TPSA) is 54.5 Å². The van der Waals surface area contributed by atoms with Crippen molar-refractivity contribution in [3.8, 4) is 5.75 Å². The van der Waals surface area contributed by atoms with Gasteiger partial charge >= 0.3 is 0 Å². The van der Waals surface area contributed by atoms with Crippen molar-refractivity contribution in [2.75, 3.05) is 25.5 Å². The fourth-order valence-electron chi connectivity index (χ4n) is 2.86. The number of carbonyl (C=O) groups is 1. The van der Waals surface area contributed by atoms with E-state index in [0.29, 0.717) is 6.42 Å². The minimum Gasteiger partial charge on any atom is -0.497 e. The molecular formula is C18H21N3O2. The summed E-state index contributed by atoms with van der Waals surface area (Å²) < 4.78 is 5.20. The number of rotatable bonds is 5. The number of nitrogens with one attached hydrogen (secondary N) is 1. The quantitative estimate of drug-likeness (QED) is 0.921. The lowest BCUT2D eigenvalue weighted by Crippen LogP contribution is -2.32. The molecule has 1 atom stereocenters. The molecule has 0 saturated carbocycles. The Hall–Kier alpha value is -2.56. The SMILES string of the molecule is COc1cccc(CC(=O)N2CCC(Nc3cccnc3)C2)c1. The van der Waals surface area contributed by atoms with Crippen molar-refractivity contribution in [3.05, 3.63) is 54.4 Å². The number of methoxy groups -OCH3 is 1. The highest BCUT2D eigenvalue weighted by Gasteiger charge is 2.26. The molecule has 0 spiro atoms. The Labute approximate surface area is 136 Å². The summed E-state index contributed by atoms with van der Waals surface area (Å²) in [5.74, 6) is 0.946. The van der Waals surface area contributed by atoms with Crippen LogP contribution in [0, 0.1) is 0 Å². The highest BCUT2D eigenvalue weighted by molar-refractivity contribution is 5.79. The Morgan fingerprint density at radius 1 is 1.39 bits per heavy atom. The first-order valence-corrected chi connectivity index (χ1v) is 7.82. The second-order valence-corrected chi connectivity index (χ2v) is 5.74. The lowest BCUT2D eigenvalue weighted by Gasteiger charge is -2.18. The first-order chi connectivity index (χ1) is 11.2. The zero-order valence-corrected chi connectivity index (χ0v) is 13.2. The molecule has 2 aromatic rings. The molecule has 120 valence electrons. The number of hydrogen-bond acceptors (Lipinski definition) is 4. The third-order valence-corrected chi connectivity index (χ3v) is 4.06. The van der Waals surface area contributed by atoms with Crippen LogP contribution < -0.4 is 10.1 Å². The Morgan fingerprint density at radius 3 is 3.09 bits per heavy atom. The van der Waals surface area contributed by atoms with Crippen molar-refractivity contribution in [1.82, 2.24) is 9.88 Å². The van der Waals surface area contributed by atoms with Gasteiger partial charge < -0.3 is 15.0 Å². The molecule has 5 heteroatoms. The predicted molar refractivity (Wildman–Crippen MR) is 89.5 cm³/mol. The Morgan fingerprint density at radius 2 is 2.30 bits per heavy atom. The normalized spacial score (nSPS) is 17.1. The van der Waals surface area contributed by atoms with Crippen molar-refractivity contribution in [1.29, 1.82) is 0 Å². The van der Waals surface area contributed by atoms with E-state index in [4.69, 9.17) is 4.74 Å². The monoisotopic (exact) mass is 311 g/mol. The smallest absolute Gasteiger partial charge is 0.227 e. The molecule has 1 aliphatic rings. The van der Waals surface area contributed by atoms with E-state index >= 15 is 0 Å². The molecule has 1 amide bonds. The van der Waals surface area contributed by atoms with E-state index in [1.54, 1.807) is 19.5 Å². The zero-order chi connectivity index (χ0) is 16.1. The van der Waals surface area contributed by atoms with Crippen LogP contribution >= 0.6 is 0 Å². The largest absolute Gasteiger partial charge is 0.497 e. The minimum absolute atomic E-state index is 0.161. The molecule has 1 aromatic carbocycles. The molecule has 3 rings (SSSR count).